The van der Waals surface area contributed by atoms with Crippen LogP contribution in [-0.4, -0.2) is 37.6 Å². The van der Waals surface area contributed by atoms with Crippen LogP contribution in [-0.2, 0) is 25.0 Å². The predicted molar refractivity (Wildman–Crippen MR) is 107 cm³/mol. The molecule has 0 atom stereocenters. The average Bonchev–Trinajstić information content (AvgIpc) is 2.97. The molecule has 0 saturated carbocycles. The van der Waals surface area contributed by atoms with Crippen LogP contribution in [0.15, 0.2) is 57.9 Å². The zero-order valence-corrected chi connectivity index (χ0v) is 16.7. The fourth-order valence-electron chi connectivity index (χ4n) is 3.05. The van der Waals surface area contributed by atoms with Crippen molar-refractivity contribution < 1.29 is 30.7 Å². The molecule has 0 unspecified atom stereocenters. The highest BCUT2D eigenvalue weighted by atomic mass is 32.2. The standard InChI is InChI=1S/C18H16N2O7S2/c1-3-13-14(5-4-6-16(13)28(22,23)24)15-8-7-12(10-17(15)29(25,26)27)20-18(21)9-11(2)19-20/h3-8,10H,1,9H2,2H3,(H,22,23,24)(H,25,26,27). The lowest BCUT2D eigenvalue weighted by molar-refractivity contribution is -0.116. The van der Waals surface area contributed by atoms with Crippen molar-refractivity contribution in [1.82, 2.24) is 0 Å². The third-order valence-electron chi connectivity index (χ3n) is 4.24. The first-order valence-corrected chi connectivity index (χ1v) is 11.0. The zero-order chi connectivity index (χ0) is 21.6. The lowest BCUT2D eigenvalue weighted by atomic mass is 9.99. The highest BCUT2D eigenvalue weighted by Gasteiger charge is 2.27. The van der Waals surface area contributed by atoms with Crippen molar-refractivity contribution >= 4 is 43.6 Å². The Morgan fingerprint density at radius 3 is 2.21 bits per heavy atom. The molecule has 11 heteroatoms. The predicted octanol–water partition coefficient (Wildman–Crippen LogP) is 2.60. The minimum absolute atomic E-state index is 0.0380. The molecule has 0 bridgehead atoms. The van der Waals surface area contributed by atoms with E-state index in [0.29, 0.717) is 5.71 Å². The molecule has 0 fully saturated rings. The molecule has 9 nitrogen and oxygen atoms in total. The molecule has 1 heterocycles. The average molecular weight is 436 g/mol. The second kappa shape index (κ2) is 7.19. The highest BCUT2D eigenvalue weighted by molar-refractivity contribution is 7.86. The van der Waals surface area contributed by atoms with E-state index in [-0.39, 0.29) is 34.7 Å². The molecule has 0 aromatic heterocycles. The minimum atomic E-state index is -4.77. The van der Waals surface area contributed by atoms with Crippen LogP contribution in [0.1, 0.15) is 18.9 Å². The molecule has 2 aromatic rings. The van der Waals surface area contributed by atoms with E-state index in [0.717, 1.165) is 23.2 Å². The van der Waals surface area contributed by atoms with Gasteiger partial charge in [-0.2, -0.15) is 21.9 Å². The summed E-state index contributed by atoms with van der Waals surface area (Å²) in [6.07, 6.45) is 1.23. The lowest BCUT2D eigenvalue weighted by Gasteiger charge is -2.17. The molecule has 152 valence electrons. The minimum Gasteiger partial charge on any atom is -0.282 e. The van der Waals surface area contributed by atoms with Gasteiger partial charge in [-0.05, 0) is 30.7 Å². The van der Waals surface area contributed by atoms with E-state index in [1.54, 1.807) is 6.92 Å². The molecule has 0 saturated heterocycles. The Morgan fingerprint density at radius 1 is 1.03 bits per heavy atom. The summed E-state index contributed by atoms with van der Waals surface area (Å²) < 4.78 is 66.6. The van der Waals surface area contributed by atoms with Crippen molar-refractivity contribution in [3.8, 4) is 11.1 Å². The number of hydrogen-bond acceptors (Lipinski definition) is 6. The normalized spacial score (nSPS) is 14.8. The smallest absolute Gasteiger partial charge is 0.282 e. The number of amides is 1. The first-order chi connectivity index (χ1) is 13.4. The van der Waals surface area contributed by atoms with E-state index in [2.05, 4.69) is 11.7 Å². The summed E-state index contributed by atoms with van der Waals surface area (Å²) in [5.41, 5.74) is 0.682. The van der Waals surface area contributed by atoms with Gasteiger partial charge in [-0.3, -0.25) is 13.9 Å². The van der Waals surface area contributed by atoms with Crippen LogP contribution < -0.4 is 5.01 Å². The van der Waals surface area contributed by atoms with Crippen LogP contribution in [0.5, 0.6) is 0 Å². The molecule has 1 aliphatic rings. The zero-order valence-electron chi connectivity index (χ0n) is 15.1. The van der Waals surface area contributed by atoms with Gasteiger partial charge in [0, 0.05) is 16.8 Å². The molecule has 2 aromatic carbocycles. The number of carbonyl (C=O) groups excluding carboxylic acids is 1. The van der Waals surface area contributed by atoms with Crippen LogP contribution >= 0.6 is 0 Å². The van der Waals surface area contributed by atoms with Gasteiger partial charge in [-0.25, -0.2) is 5.01 Å². The van der Waals surface area contributed by atoms with Gasteiger partial charge in [0.25, 0.3) is 26.1 Å². The van der Waals surface area contributed by atoms with Gasteiger partial charge in [0.1, 0.15) is 9.79 Å². The molecule has 29 heavy (non-hydrogen) atoms. The number of hydrazone groups is 1. The van der Waals surface area contributed by atoms with Crippen molar-refractivity contribution in [2.24, 2.45) is 5.10 Å². The van der Waals surface area contributed by atoms with E-state index in [4.69, 9.17) is 0 Å². The largest absolute Gasteiger partial charge is 0.295 e. The van der Waals surface area contributed by atoms with Gasteiger partial charge < -0.3 is 0 Å². The quantitative estimate of drug-likeness (QED) is 0.686. The summed E-state index contributed by atoms with van der Waals surface area (Å²) in [7, 11) is -9.38. The number of anilines is 1. The highest BCUT2D eigenvalue weighted by Crippen LogP contribution is 2.36. The Hall–Kier alpha value is -2.86. The van der Waals surface area contributed by atoms with E-state index in [1.165, 1.54) is 24.3 Å². The molecule has 2 N–H and O–H groups in total. The second-order valence-corrected chi connectivity index (χ2v) is 9.05. The molecular weight excluding hydrogens is 420 g/mol. The first kappa shape index (κ1) is 20.9. The maximum Gasteiger partial charge on any atom is 0.295 e. The SMILES string of the molecule is C=Cc1c(-c2ccc(N3N=C(C)CC3=O)cc2S(=O)(=O)O)cccc1S(=O)(=O)O. The molecular formula is C18H16N2O7S2. The van der Waals surface area contributed by atoms with Gasteiger partial charge in [-0.15, -0.1) is 0 Å². The molecule has 0 spiro atoms. The van der Waals surface area contributed by atoms with Gasteiger partial charge in [-0.1, -0.05) is 30.9 Å². The van der Waals surface area contributed by atoms with E-state index >= 15 is 0 Å². The molecule has 3 rings (SSSR count). The summed E-state index contributed by atoms with van der Waals surface area (Å²) in [4.78, 5) is 11.0. The Bertz CT molecular complexity index is 1280. The third kappa shape index (κ3) is 3.98. The Balaban J connectivity index is 2.30. The summed E-state index contributed by atoms with van der Waals surface area (Å²) in [5, 5.41) is 5.07. The summed E-state index contributed by atoms with van der Waals surface area (Å²) in [5.74, 6) is -0.364. The Morgan fingerprint density at radius 2 is 1.69 bits per heavy atom. The first-order valence-electron chi connectivity index (χ1n) is 8.15. The van der Waals surface area contributed by atoms with Gasteiger partial charge in [0.2, 0.25) is 0 Å². The fraction of sp³-hybridized carbons (Fsp3) is 0.111. The molecule has 1 amide bonds. The van der Waals surface area contributed by atoms with Gasteiger partial charge in [0.15, 0.2) is 0 Å². The summed E-state index contributed by atoms with van der Waals surface area (Å²) in [6, 6.07) is 7.65. The van der Waals surface area contributed by atoms with E-state index in [9.17, 15) is 30.7 Å². The summed E-state index contributed by atoms with van der Waals surface area (Å²) in [6.45, 7) is 5.17. The van der Waals surface area contributed by atoms with Gasteiger partial charge >= 0.3 is 0 Å². The lowest BCUT2D eigenvalue weighted by Crippen LogP contribution is -2.20. The molecule has 0 radical (unpaired) electrons. The van der Waals surface area contributed by atoms with Crippen molar-refractivity contribution in [1.29, 1.82) is 0 Å². The topological polar surface area (TPSA) is 141 Å². The van der Waals surface area contributed by atoms with Crippen LogP contribution in [0.3, 0.4) is 0 Å². The fourth-order valence-corrected chi connectivity index (χ4v) is 4.50. The van der Waals surface area contributed by atoms with Crippen molar-refractivity contribution in [3.05, 3.63) is 48.5 Å². The number of hydrogen-bond donors (Lipinski definition) is 2. The Kier molecular flexibility index (Phi) is 5.17. The number of benzene rings is 2. The maximum atomic E-state index is 12.0. The van der Waals surface area contributed by atoms with Crippen molar-refractivity contribution in [3.63, 3.8) is 0 Å². The number of carbonyl (C=O) groups is 1. The van der Waals surface area contributed by atoms with Crippen LogP contribution in [0.4, 0.5) is 5.69 Å². The number of nitrogens with zero attached hydrogens (tertiary/aromatic N) is 2. The van der Waals surface area contributed by atoms with Crippen LogP contribution in [0.2, 0.25) is 0 Å². The Labute approximate surface area is 167 Å². The van der Waals surface area contributed by atoms with E-state index in [1.807, 2.05) is 0 Å². The molecule has 1 aliphatic heterocycles. The van der Waals surface area contributed by atoms with Crippen LogP contribution in [0.25, 0.3) is 17.2 Å². The van der Waals surface area contributed by atoms with Crippen LogP contribution in [0, 0.1) is 0 Å². The maximum absolute atomic E-state index is 12.0. The number of rotatable bonds is 5. The molecule has 0 aliphatic carbocycles. The second-order valence-electron chi connectivity index (χ2n) is 6.27. The van der Waals surface area contributed by atoms with Crippen molar-refractivity contribution in [2.75, 3.05) is 5.01 Å². The monoisotopic (exact) mass is 436 g/mol. The van der Waals surface area contributed by atoms with Gasteiger partial charge in [0.05, 0.1) is 12.1 Å². The van der Waals surface area contributed by atoms with Crippen molar-refractivity contribution in [2.45, 2.75) is 23.1 Å². The summed E-state index contributed by atoms with van der Waals surface area (Å²) >= 11 is 0. The third-order valence-corrected chi connectivity index (χ3v) is 6.05. The van der Waals surface area contributed by atoms with E-state index < -0.39 is 30.0 Å².